The fourth-order valence-electron chi connectivity index (χ4n) is 3.12. The third-order valence-corrected chi connectivity index (χ3v) is 6.37. The molecule has 0 aliphatic carbocycles. The molecule has 0 saturated carbocycles. The first-order valence-corrected chi connectivity index (χ1v) is 8.28. The molecule has 2 fully saturated rings. The first-order chi connectivity index (χ1) is 10.9. The van der Waals surface area contributed by atoms with Gasteiger partial charge in [0.1, 0.15) is 5.41 Å². The first-order valence-electron chi connectivity index (χ1n) is 7.34. The number of fused-ring (bicyclic) bond motifs is 1. The van der Waals surface area contributed by atoms with E-state index >= 15 is 0 Å². The van der Waals surface area contributed by atoms with Gasteiger partial charge in [0, 0.05) is 6.54 Å². The van der Waals surface area contributed by atoms with Gasteiger partial charge >= 0.3 is 5.97 Å². The number of hydrogen-bond donors (Lipinski definition) is 2. The van der Waals surface area contributed by atoms with Crippen LogP contribution in [0.3, 0.4) is 0 Å². The van der Waals surface area contributed by atoms with Crippen LogP contribution in [0.2, 0.25) is 0 Å². The molecule has 1 aromatic carbocycles. The van der Waals surface area contributed by atoms with Crippen molar-refractivity contribution in [1.29, 1.82) is 0 Å². The molecule has 0 spiro atoms. The molecular formula is C16H18N2O4S. The molecule has 2 heterocycles. The molecule has 6 nitrogen and oxygen atoms in total. The van der Waals surface area contributed by atoms with Crippen LogP contribution in [0.15, 0.2) is 24.3 Å². The zero-order valence-corrected chi connectivity index (χ0v) is 13.7. The normalized spacial score (nSPS) is 32.7. The second-order valence-corrected chi connectivity index (χ2v) is 7.49. The zero-order valence-electron chi connectivity index (χ0n) is 12.9. The van der Waals surface area contributed by atoms with Crippen LogP contribution >= 0.6 is 11.8 Å². The Morgan fingerprint density at radius 2 is 2.09 bits per heavy atom. The van der Waals surface area contributed by atoms with Crippen LogP contribution in [-0.4, -0.2) is 45.6 Å². The lowest BCUT2D eigenvalue weighted by Crippen LogP contribution is -2.68. The Kier molecular flexibility index (Phi) is 3.83. The van der Waals surface area contributed by atoms with E-state index in [4.69, 9.17) is 0 Å². The summed E-state index contributed by atoms with van der Waals surface area (Å²) >= 11 is 1.33. The van der Waals surface area contributed by atoms with Crippen molar-refractivity contribution in [2.75, 3.05) is 6.54 Å². The number of aryl methyl sites for hydroxylation is 1. The Bertz CT molecular complexity index is 663. The number of carboxylic acid groups (broad SMARTS) is 1. The van der Waals surface area contributed by atoms with Gasteiger partial charge in [-0.25, -0.2) is 0 Å². The highest BCUT2D eigenvalue weighted by Gasteiger charge is 2.59. The number of hydrogen-bond acceptors (Lipinski definition) is 4. The van der Waals surface area contributed by atoms with Gasteiger partial charge in [0.15, 0.2) is 0 Å². The van der Waals surface area contributed by atoms with E-state index in [1.54, 1.807) is 11.8 Å². The summed E-state index contributed by atoms with van der Waals surface area (Å²) in [7, 11) is 0. The van der Waals surface area contributed by atoms with E-state index < -0.39 is 16.8 Å². The summed E-state index contributed by atoms with van der Waals surface area (Å²) < 4.78 is 0. The number of rotatable bonds is 4. The standard InChI is InChI=1S/C16H18N2O4S/c1-9-3-5-10(6-4-9)11-12(20)18-7-16(2,15(21)22)14(17-8-19)23-13(11)18/h3-6,8,11,13-14H,7H2,1-2H3,(H,17,19)(H,21,22)/t11?,13-,14?,16?/m1/s1. The van der Waals surface area contributed by atoms with E-state index in [9.17, 15) is 19.5 Å². The number of thioether (sulfide) groups is 1. The summed E-state index contributed by atoms with van der Waals surface area (Å²) in [6.45, 7) is 3.65. The van der Waals surface area contributed by atoms with Crippen LogP contribution in [0.25, 0.3) is 0 Å². The number of carbonyl (C=O) groups is 3. The highest BCUT2D eigenvalue weighted by molar-refractivity contribution is 8.00. The second kappa shape index (κ2) is 5.56. The minimum atomic E-state index is -1.20. The largest absolute Gasteiger partial charge is 0.481 e. The van der Waals surface area contributed by atoms with E-state index in [1.165, 1.54) is 11.8 Å². The van der Waals surface area contributed by atoms with Crippen molar-refractivity contribution in [3.05, 3.63) is 35.4 Å². The average molecular weight is 334 g/mol. The lowest BCUT2D eigenvalue weighted by molar-refractivity contribution is -0.158. The topological polar surface area (TPSA) is 86.7 Å². The van der Waals surface area contributed by atoms with Crippen molar-refractivity contribution in [2.45, 2.75) is 30.5 Å². The zero-order chi connectivity index (χ0) is 16.8. The fourth-order valence-corrected chi connectivity index (χ4v) is 4.76. The van der Waals surface area contributed by atoms with Gasteiger partial charge in [0.2, 0.25) is 12.3 Å². The summed E-state index contributed by atoms with van der Waals surface area (Å²) in [5.41, 5.74) is 0.849. The van der Waals surface area contributed by atoms with Crippen LogP contribution in [0.4, 0.5) is 0 Å². The summed E-state index contributed by atoms with van der Waals surface area (Å²) in [5.74, 6) is -1.35. The maximum absolute atomic E-state index is 12.5. The fraction of sp³-hybridized carbons (Fsp3) is 0.438. The number of carbonyl (C=O) groups excluding carboxylic acids is 2. The average Bonchev–Trinajstić information content (AvgIpc) is 2.52. The SMILES string of the molecule is Cc1ccc(C2C(=O)N3CC(C)(C(=O)O)C(NC=O)S[C@H]23)cc1. The maximum atomic E-state index is 12.5. The highest BCUT2D eigenvalue weighted by Crippen LogP contribution is 2.51. The van der Waals surface area contributed by atoms with Crippen LogP contribution in [0.1, 0.15) is 24.0 Å². The van der Waals surface area contributed by atoms with Crippen LogP contribution < -0.4 is 5.32 Å². The third-order valence-electron chi connectivity index (χ3n) is 4.64. The van der Waals surface area contributed by atoms with Gasteiger partial charge in [-0.15, -0.1) is 11.8 Å². The van der Waals surface area contributed by atoms with Gasteiger partial charge in [-0.3, -0.25) is 14.4 Å². The number of β-lactam (4-membered cyclic amide) rings is 1. The smallest absolute Gasteiger partial charge is 0.314 e. The lowest BCUT2D eigenvalue weighted by Gasteiger charge is -2.56. The van der Waals surface area contributed by atoms with Crippen molar-refractivity contribution in [3.63, 3.8) is 0 Å². The quantitative estimate of drug-likeness (QED) is 0.637. The molecule has 2 saturated heterocycles. The van der Waals surface area contributed by atoms with Gasteiger partial charge in [-0.2, -0.15) is 0 Å². The van der Waals surface area contributed by atoms with Crippen LogP contribution in [-0.2, 0) is 14.4 Å². The van der Waals surface area contributed by atoms with Crippen LogP contribution in [0, 0.1) is 12.3 Å². The molecule has 2 aliphatic heterocycles. The lowest BCUT2D eigenvalue weighted by atomic mass is 9.83. The Morgan fingerprint density at radius 1 is 1.43 bits per heavy atom. The number of carboxylic acids is 1. The second-order valence-electron chi connectivity index (χ2n) is 6.27. The summed E-state index contributed by atoms with van der Waals surface area (Å²) in [6.07, 6.45) is 0.524. The van der Waals surface area contributed by atoms with Crippen molar-refractivity contribution >= 4 is 30.0 Å². The third kappa shape index (κ3) is 2.39. The van der Waals surface area contributed by atoms with Gasteiger partial charge in [0.25, 0.3) is 0 Å². The number of amides is 2. The molecule has 2 aliphatic rings. The van der Waals surface area contributed by atoms with Gasteiger partial charge in [0.05, 0.1) is 16.7 Å². The molecule has 4 atom stereocenters. The molecule has 0 aromatic heterocycles. The van der Waals surface area contributed by atoms with Crippen molar-refractivity contribution in [3.8, 4) is 0 Å². The van der Waals surface area contributed by atoms with E-state index in [0.29, 0.717) is 6.41 Å². The molecule has 3 unspecified atom stereocenters. The van der Waals surface area contributed by atoms with Gasteiger partial charge < -0.3 is 15.3 Å². The van der Waals surface area contributed by atoms with E-state index in [2.05, 4.69) is 5.32 Å². The molecule has 7 heteroatoms. The Balaban J connectivity index is 1.87. The molecule has 0 radical (unpaired) electrons. The molecule has 2 N–H and O–H groups in total. The Labute approximate surface area is 138 Å². The number of benzene rings is 1. The molecule has 3 rings (SSSR count). The molecule has 0 bridgehead atoms. The minimum Gasteiger partial charge on any atom is -0.481 e. The number of nitrogens with zero attached hydrogens (tertiary/aromatic N) is 1. The summed E-state index contributed by atoms with van der Waals surface area (Å²) in [5, 5.41) is 11.4. The predicted octanol–water partition coefficient (Wildman–Crippen LogP) is 1.16. The minimum absolute atomic E-state index is 0.0524. The van der Waals surface area contributed by atoms with Crippen molar-refractivity contribution < 1.29 is 19.5 Å². The molecule has 2 amide bonds. The highest BCUT2D eigenvalue weighted by atomic mass is 32.2. The summed E-state index contributed by atoms with van der Waals surface area (Å²) in [6, 6.07) is 7.79. The van der Waals surface area contributed by atoms with Gasteiger partial charge in [-0.05, 0) is 19.4 Å². The Hall–Kier alpha value is -2.02. The molecule has 1 aromatic rings. The monoisotopic (exact) mass is 334 g/mol. The van der Waals surface area contributed by atoms with Crippen LogP contribution in [0.5, 0.6) is 0 Å². The maximum Gasteiger partial charge on any atom is 0.314 e. The first kappa shape index (κ1) is 15.9. The van der Waals surface area contributed by atoms with Gasteiger partial charge in [-0.1, -0.05) is 29.8 Å². The van der Waals surface area contributed by atoms with E-state index in [0.717, 1.165) is 11.1 Å². The van der Waals surface area contributed by atoms with Crippen molar-refractivity contribution in [2.24, 2.45) is 5.41 Å². The molecule has 23 heavy (non-hydrogen) atoms. The number of nitrogens with one attached hydrogen (secondary N) is 1. The Morgan fingerprint density at radius 3 is 2.65 bits per heavy atom. The summed E-state index contributed by atoms with van der Waals surface area (Å²) in [4.78, 5) is 36.6. The molecule has 122 valence electrons. The number of aliphatic carboxylic acids is 1. The van der Waals surface area contributed by atoms with E-state index in [1.807, 2.05) is 31.2 Å². The predicted molar refractivity (Wildman–Crippen MR) is 85.7 cm³/mol. The van der Waals surface area contributed by atoms with E-state index in [-0.39, 0.29) is 23.7 Å². The molecular weight excluding hydrogens is 316 g/mol. The van der Waals surface area contributed by atoms with Crippen molar-refractivity contribution in [1.82, 2.24) is 10.2 Å².